The second-order valence-electron chi connectivity index (χ2n) is 5.55. The average molecular weight is 366 g/mol. The fraction of sp³-hybridized carbons (Fsp3) is 0.118. The third-order valence-corrected chi connectivity index (χ3v) is 3.87. The first kappa shape index (κ1) is 16.5. The van der Waals surface area contributed by atoms with Gasteiger partial charge in [0.25, 0.3) is 0 Å². The quantitative estimate of drug-likeness (QED) is 0.675. The molecule has 1 aliphatic rings. The summed E-state index contributed by atoms with van der Waals surface area (Å²) >= 11 is 0. The van der Waals surface area contributed by atoms with E-state index in [-0.39, 0.29) is 0 Å². The van der Waals surface area contributed by atoms with Gasteiger partial charge in [0, 0.05) is 17.3 Å². The van der Waals surface area contributed by atoms with Crippen molar-refractivity contribution in [1.82, 2.24) is 20.6 Å². The van der Waals surface area contributed by atoms with Gasteiger partial charge in [0.2, 0.25) is 12.2 Å². The highest BCUT2D eigenvalue weighted by Gasteiger charge is 2.18. The molecule has 10 heteroatoms. The number of aromatic amines is 1. The lowest BCUT2D eigenvalue weighted by Crippen LogP contribution is -2.33. The van der Waals surface area contributed by atoms with E-state index in [0.29, 0.717) is 53.9 Å². The molecule has 4 rings (SSSR count). The summed E-state index contributed by atoms with van der Waals surface area (Å²) < 4.78 is 10.9. The molecule has 27 heavy (non-hydrogen) atoms. The van der Waals surface area contributed by atoms with Crippen LogP contribution in [0, 0.1) is 0 Å². The molecule has 3 aromatic rings. The van der Waals surface area contributed by atoms with Crippen LogP contribution < -0.4 is 19.7 Å². The number of ether oxygens (including phenoxy) is 2. The summed E-state index contributed by atoms with van der Waals surface area (Å²) in [6.07, 6.45) is 0.441. The summed E-state index contributed by atoms with van der Waals surface area (Å²) in [6.45, 7) is 0.926. The van der Waals surface area contributed by atoms with Crippen molar-refractivity contribution >= 4 is 23.8 Å². The Morgan fingerprint density at radius 1 is 1.11 bits per heavy atom. The zero-order chi connectivity index (χ0) is 18.6. The van der Waals surface area contributed by atoms with E-state index in [2.05, 4.69) is 25.9 Å². The van der Waals surface area contributed by atoms with E-state index in [4.69, 9.17) is 9.47 Å². The molecule has 1 aromatic heterocycles. The number of fused-ring (bicyclic) bond motifs is 1. The number of urea groups is 1. The summed E-state index contributed by atoms with van der Waals surface area (Å²) in [5, 5.41) is 16.3. The molecule has 0 aliphatic carbocycles. The number of tetrazole rings is 1. The van der Waals surface area contributed by atoms with Crippen LogP contribution in [0.25, 0.3) is 11.4 Å². The number of rotatable bonds is 4. The minimum absolute atomic E-state index is 0.396. The maximum Gasteiger partial charge on any atom is 0.332 e. The monoisotopic (exact) mass is 366 g/mol. The number of hydrogen-bond donors (Lipinski definition) is 2. The molecule has 0 fully saturated rings. The second kappa shape index (κ2) is 7.12. The first-order chi connectivity index (χ1) is 13.2. The summed E-state index contributed by atoms with van der Waals surface area (Å²) in [7, 11) is 0. The number of imide groups is 1. The van der Waals surface area contributed by atoms with Crippen molar-refractivity contribution in [2.75, 3.05) is 23.4 Å². The predicted octanol–water partition coefficient (Wildman–Crippen LogP) is 1.83. The normalized spacial score (nSPS) is 12.3. The zero-order valence-electron chi connectivity index (χ0n) is 14.0. The van der Waals surface area contributed by atoms with Gasteiger partial charge in [0.15, 0.2) is 11.5 Å². The molecule has 2 N–H and O–H groups in total. The molecular weight excluding hydrogens is 352 g/mol. The van der Waals surface area contributed by atoms with E-state index < -0.39 is 6.03 Å². The highest BCUT2D eigenvalue weighted by atomic mass is 16.6. The molecule has 0 bridgehead atoms. The Labute approximate surface area is 153 Å². The fourth-order valence-corrected chi connectivity index (χ4v) is 2.59. The van der Waals surface area contributed by atoms with Gasteiger partial charge in [-0.2, -0.15) is 5.21 Å². The Morgan fingerprint density at radius 2 is 1.89 bits per heavy atom. The minimum atomic E-state index is -0.603. The predicted molar refractivity (Wildman–Crippen MR) is 94.6 cm³/mol. The van der Waals surface area contributed by atoms with Crippen molar-refractivity contribution in [1.29, 1.82) is 0 Å². The van der Waals surface area contributed by atoms with Crippen molar-refractivity contribution in [2.24, 2.45) is 0 Å². The molecule has 0 saturated heterocycles. The number of anilines is 2. The van der Waals surface area contributed by atoms with Crippen LogP contribution in [-0.4, -0.2) is 46.3 Å². The molecule has 1 aliphatic heterocycles. The lowest BCUT2D eigenvalue weighted by Gasteiger charge is -2.20. The Hall–Kier alpha value is -3.95. The number of amides is 3. The topological polar surface area (TPSA) is 122 Å². The molecule has 2 aromatic carbocycles. The van der Waals surface area contributed by atoms with Gasteiger partial charge in [0.05, 0.1) is 5.69 Å². The number of nitrogens with zero attached hydrogens (tertiary/aromatic N) is 4. The summed E-state index contributed by atoms with van der Waals surface area (Å²) in [5.41, 5.74) is 1.58. The minimum Gasteiger partial charge on any atom is -0.486 e. The first-order valence-corrected chi connectivity index (χ1v) is 8.03. The summed E-state index contributed by atoms with van der Waals surface area (Å²) in [5.74, 6) is 1.57. The van der Waals surface area contributed by atoms with Gasteiger partial charge in [-0.1, -0.05) is 0 Å². The van der Waals surface area contributed by atoms with Crippen LogP contribution >= 0.6 is 0 Å². The molecular formula is C17H14N6O4. The van der Waals surface area contributed by atoms with E-state index in [0.717, 1.165) is 4.90 Å². The molecule has 3 amide bonds. The third kappa shape index (κ3) is 3.40. The van der Waals surface area contributed by atoms with Gasteiger partial charge in [-0.3, -0.25) is 4.79 Å². The Balaban J connectivity index is 1.50. The van der Waals surface area contributed by atoms with E-state index >= 15 is 0 Å². The van der Waals surface area contributed by atoms with Crippen LogP contribution in [0.3, 0.4) is 0 Å². The molecule has 0 radical (unpaired) electrons. The van der Waals surface area contributed by atoms with Gasteiger partial charge in [-0.25, -0.2) is 9.69 Å². The van der Waals surface area contributed by atoms with E-state index in [1.807, 2.05) is 0 Å². The number of carbonyl (C=O) groups excluding carboxylic acids is 2. The third-order valence-electron chi connectivity index (χ3n) is 3.87. The highest BCUT2D eigenvalue weighted by molar-refractivity contribution is 6.12. The van der Waals surface area contributed by atoms with Crippen LogP contribution in [0.2, 0.25) is 0 Å². The Morgan fingerprint density at radius 3 is 2.59 bits per heavy atom. The summed E-state index contributed by atoms with van der Waals surface area (Å²) in [4.78, 5) is 24.9. The Bertz CT molecular complexity index is 958. The van der Waals surface area contributed by atoms with Crippen LogP contribution in [0.15, 0.2) is 42.5 Å². The first-order valence-electron chi connectivity index (χ1n) is 8.03. The van der Waals surface area contributed by atoms with Gasteiger partial charge < -0.3 is 14.8 Å². The number of hydrogen-bond acceptors (Lipinski definition) is 7. The van der Waals surface area contributed by atoms with Gasteiger partial charge in [0.1, 0.15) is 13.2 Å². The maximum atomic E-state index is 12.5. The largest absolute Gasteiger partial charge is 0.486 e. The smallest absolute Gasteiger partial charge is 0.332 e. The van der Waals surface area contributed by atoms with Crippen LogP contribution in [0.5, 0.6) is 11.5 Å². The van der Waals surface area contributed by atoms with Crippen molar-refractivity contribution in [2.45, 2.75) is 0 Å². The molecule has 136 valence electrons. The van der Waals surface area contributed by atoms with E-state index in [9.17, 15) is 9.59 Å². The molecule has 0 unspecified atom stereocenters. The molecule has 2 heterocycles. The van der Waals surface area contributed by atoms with Gasteiger partial charge in [-0.05, 0) is 41.6 Å². The molecule has 0 atom stereocenters. The standard InChI is InChI=1S/C17H14N6O4/c24-10-23(13-4-1-11(2-5-13)16-19-21-22-20-16)17(25)18-12-3-6-14-15(9-12)27-8-7-26-14/h1-6,9-10H,7-8H2,(H,18,25)(H,19,20,21,22). The van der Waals surface area contributed by atoms with Gasteiger partial charge in [-0.15, -0.1) is 10.2 Å². The zero-order valence-corrected chi connectivity index (χ0v) is 14.0. The van der Waals surface area contributed by atoms with Crippen LogP contribution in [0.4, 0.5) is 16.2 Å². The number of benzene rings is 2. The number of H-pyrrole nitrogens is 1. The van der Waals surface area contributed by atoms with Gasteiger partial charge >= 0.3 is 6.03 Å². The number of nitrogens with one attached hydrogen (secondary N) is 2. The average Bonchev–Trinajstić information content (AvgIpc) is 3.24. The molecule has 10 nitrogen and oxygen atoms in total. The van der Waals surface area contributed by atoms with Crippen molar-refractivity contribution in [3.63, 3.8) is 0 Å². The maximum absolute atomic E-state index is 12.5. The van der Waals surface area contributed by atoms with Crippen LogP contribution in [0.1, 0.15) is 0 Å². The van der Waals surface area contributed by atoms with Crippen molar-refractivity contribution < 1.29 is 19.1 Å². The lowest BCUT2D eigenvalue weighted by molar-refractivity contribution is -0.106. The second-order valence-corrected chi connectivity index (χ2v) is 5.55. The summed E-state index contributed by atoms with van der Waals surface area (Å²) in [6, 6.07) is 11.0. The lowest BCUT2D eigenvalue weighted by atomic mass is 10.2. The Kier molecular flexibility index (Phi) is 4.35. The number of aromatic nitrogens is 4. The van der Waals surface area contributed by atoms with Crippen LogP contribution in [-0.2, 0) is 4.79 Å². The highest BCUT2D eigenvalue weighted by Crippen LogP contribution is 2.32. The molecule has 0 saturated carbocycles. The SMILES string of the molecule is O=CN(C(=O)Nc1ccc2c(c1)OCCO2)c1ccc(-c2nn[nH]n2)cc1. The van der Waals surface area contributed by atoms with Crippen molar-refractivity contribution in [3.05, 3.63) is 42.5 Å². The van der Waals surface area contributed by atoms with Crippen molar-refractivity contribution in [3.8, 4) is 22.9 Å². The number of carbonyl (C=O) groups is 2. The molecule has 0 spiro atoms. The van der Waals surface area contributed by atoms with E-state index in [1.165, 1.54) is 0 Å². The van der Waals surface area contributed by atoms with E-state index in [1.54, 1.807) is 42.5 Å². The fourth-order valence-electron chi connectivity index (χ4n) is 2.59.